The van der Waals surface area contributed by atoms with E-state index in [1.54, 1.807) is 29.1 Å². The lowest BCUT2D eigenvalue weighted by molar-refractivity contribution is 0.476. The first-order valence-corrected chi connectivity index (χ1v) is 10.1. The van der Waals surface area contributed by atoms with Crippen LogP contribution in [0.2, 0.25) is 0 Å². The summed E-state index contributed by atoms with van der Waals surface area (Å²) in [6.45, 7) is 4.18. The second kappa shape index (κ2) is 8.75. The average Bonchev–Trinajstić information content (AvgIpc) is 2.76. The summed E-state index contributed by atoms with van der Waals surface area (Å²) < 4.78 is 7.65. The molecule has 4 rings (SSSR count). The predicted octanol–water partition coefficient (Wildman–Crippen LogP) is 5.06. The zero-order valence-electron chi connectivity index (χ0n) is 15.7. The molecule has 0 spiro atoms. The normalized spacial score (nSPS) is 10.8. The Morgan fingerprint density at radius 1 is 1.07 bits per heavy atom. The number of pyridine rings is 1. The second-order valence-corrected chi connectivity index (χ2v) is 7.25. The molecule has 6 heteroatoms. The highest BCUT2D eigenvalue weighted by molar-refractivity contribution is 7.98. The summed E-state index contributed by atoms with van der Waals surface area (Å²) in [4.78, 5) is 21.7. The number of thioether (sulfide) groups is 1. The topological polar surface area (TPSA) is 57.0 Å². The molecule has 0 radical (unpaired) electrons. The lowest BCUT2D eigenvalue weighted by atomic mass is 10.2. The Hall–Kier alpha value is -3.38. The molecule has 0 N–H and O–H groups in total. The van der Waals surface area contributed by atoms with Gasteiger partial charge in [-0.1, -0.05) is 48.2 Å². The van der Waals surface area contributed by atoms with Gasteiger partial charge in [0.05, 0.1) is 17.1 Å². The van der Waals surface area contributed by atoms with Crippen LogP contribution >= 0.6 is 11.8 Å². The number of rotatable bonds is 7. The average molecular weight is 401 g/mol. The molecule has 144 valence electrons. The number of para-hydroxylation sites is 2. The third-order valence-corrected chi connectivity index (χ3v) is 5.36. The molecule has 2 aromatic heterocycles. The van der Waals surface area contributed by atoms with Crippen molar-refractivity contribution in [2.45, 2.75) is 17.5 Å². The zero-order chi connectivity index (χ0) is 20.1. The number of hydrogen-bond acceptors (Lipinski definition) is 5. The summed E-state index contributed by atoms with van der Waals surface area (Å²) in [7, 11) is 0. The molecule has 0 atom stereocenters. The van der Waals surface area contributed by atoms with E-state index < -0.39 is 0 Å². The standard InChI is InChI=1S/C23H19N3O2S/c1-2-14-26-22(27)19-10-4-5-11-20(19)25-23(26)29-16-17-8-3-6-12-21(17)28-18-9-7-13-24-15-18/h2-13,15H,1,14,16H2. The van der Waals surface area contributed by atoms with Gasteiger partial charge in [0.25, 0.3) is 5.56 Å². The minimum Gasteiger partial charge on any atom is -0.455 e. The number of hydrogen-bond donors (Lipinski definition) is 0. The van der Waals surface area contributed by atoms with Crippen LogP contribution in [0.3, 0.4) is 0 Å². The summed E-state index contributed by atoms with van der Waals surface area (Å²) >= 11 is 1.50. The van der Waals surface area contributed by atoms with Crippen molar-refractivity contribution in [1.29, 1.82) is 0 Å². The summed E-state index contributed by atoms with van der Waals surface area (Å²) in [5.74, 6) is 2.04. The molecular formula is C23H19N3O2S. The highest BCUT2D eigenvalue weighted by atomic mass is 32.2. The number of fused-ring (bicyclic) bond motifs is 1. The zero-order valence-corrected chi connectivity index (χ0v) is 16.5. The maximum absolute atomic E-state index is 12.9. The molecule has 0 amide bonds. The third kappa shape index (κ3) is 4.22. The summed E-state index contributed by atoms with van der Waals surface area (Å²) in [5.41, 5.74) is 1.65. The van der Waals surface area contributed by atoms with Crippen LogP contribution in [0.1, 0.15) is 5.56 Å². The van der Waals surface area contributed by atoms with Crippen molar-refractivity contribution >= 4 is 22.7 Å². The summed E-state index contributed by atoms with van der Waals surface area (Å²) in [6, 6.07) is 18.9. The van der Waals surface area contributed by atoms with Crippen molar-refractivity contribution in [3.63, 3.8) is 0 Å². The quantitative estimate of drug-likeness (QED) is 0.246. The molecular weight excluding hydrogens is 382 g/mol. The maximum atomic E-state index is 12.9. The first-order valence-electron chi connectivity index (χ1n) is 9.15. The molecule has 0 aliphatic heterocycles. The largest absolute Gasteiger partial charge is 0.455 e. The van der Waals surface area contributed by atoms with Gasteiger partial charge in [-0.15, -0.1) is 6.58 Å². The monoisotopic (exact) mass is 401 g/mol. The van der Waals surface area contributed by atoms with Gasteiger partial charge in [-0.25, -0.2) is 4.98 Å². The van der Waals surface area contributed by atoms with Crippen LogP contribution in [0.25, 0.3) is 10.9 Å². The summed E-state index contributed by atoms with van der Waals surface area (Å²) in [5, 5.41) is 1.27. The van der Waals surface area contributed by atoms with Crippen LogP contribution in [0, 0.1) is 0 Å². The van der Waals surface area contributed by atoms with Gasteiger partial charge < -0.3 is 4.74 Å². The minimum atomic E-state index is -0.0575. The van der Waals surface area contributed by atoms with E-state index in [4.69, 9.17) is 9.72 Å². The molecule has 0 saturated carbocycles. The van der Waals surface area contributed by atoms with E-state index in [1.807, 2.05) is 54.6 Å². The van der Waals surface area contributed by atoms with Gasteiger partial charge in [-0.2, -0.15) is 0 Å². The van der Waals surface area contributed by atoms with E-state index in [-0.39, 0.29) is 5.56 Å². The lowest BCUT2D eigenvalue weighted by Crippen LogP contribution is -2.22. The van der Waals surface area contributed by atoms with Gasteiger partial charge in [-0.05, 0) is 30.3 Å². The van der Waals surface area contributed by atoms with Gasteiger partial charge >= 0.3 is 0 Å². The molecule has 0 unspecified atom stereocenters. The number of benzene rings is 2. The van der Waals surface area contributed by atoms with Crippen LogP contribution < -0.4 is 10.3 Å². The molecule has 2 heterocycles. The fourth-order valence-corrected chi connectivity index (χ4v) is 3.95. The number of nitrogens with zero attached hydrogens (tertiary/aromatic N) is 3. The fourth-order valence-electron chi connectivity index (χ4n) is 2.95. The Labute approximate surface area is 172 Å². The van der Waals surface area contributed by atoms with Crippen molar-refractivity contribution < 1.29 is 4.74 Å². The highest BCUT2D eigenvalue weighted by Gasteiger charge is 2.12. The molecule has 0 fully saturated rings. The van der Waals surface area contributed by atoms with Gasteiger partial charge in [0.2, 0.25) is 0 Å². The van der Waals surface area contributed by atoms with Crippen molar-refractivity contribution in [2.75, 3.05) is 0 Å². The minimum absolute atomic E-state index is 0.0575. The van der Waals surface area contributed by atoms with Gasteiger partial charge in [-0.3, -0.25) is 14.3 Å². The van der Waals surface area contributed by atoms with E-state index in [0.29, 0.717) is 34.1 Å². The SMILES string of the molecule is C=CCn1c(SCc2ccccc2Oc2cccnc2)nc2ccccc2c1=O. The molecule has 4 aromatic rings. The van der Waals surface area contributed by atoms with Crippen LogP contribution in [-0.2, 0) is 12.3 Å². The van der Waals surface area contributed by atoms with Crippen LogP contribution in [0.15, 0.2) is 95.7 Å². The van der Waals surface area contributed by atoms with Crippen molar-refractivity contribution in [2.24, 2.45) is 0 Å². The van der Waals surface area contributed by atoms with Crippen molar-refractivity contribution in [1.82, 2.24) is 14.5 Å². The third-order valence-electron chi connectivity index (χ3n) is 4.33. The predicted molar refractivity (Wildman–Crippen MR) is 117 cm³/mol. The molecule has 29 heavy (non-hydrogen) atoms. The second-order valence-electron chi connectivity index (χ2n) is 6.30. The smallest absolute Gasteiger partial charge is 0.262 e. The van der Waals surface area contributed by atoms with Gasteiger partial charge in [0.15, 0.2) is 5.16 Å². The van der Waals surface area contributed by atoms with E-state index in [1.165, 1.54) is 11.8 Å². The van der Waals surface area contributed by atoms with Crippen molar-refractivity contribution in [3.05, 3.63) is 102 Å². The van der Waals surface area contributed by atoms with E-state index in [9.17, 15) is 4.79 Å². The first-order chi connectivity index (χ1) is 14.3. The molecule has 2 aromatic carbocycles. The van der Waals surface area contributed by atoms with Gasteiger partial charge in [0, 0.05) is 24.1 Å². The molecule has 5 nitrogen and oxygen atoms in total. The van der Waals surface area contributed by atoms with Crippen LogP contribution in [0.5, 0.6) is 11.5 Å². The highest BCUT2D eigenvalue weighted by Crippen LogP contribution is 2.30. The molecule has 0 bridgehead atoms. The molecule has 0 aliphatic rings. The lowest BCUT2D eigenvalue weighted by Gasteiger charge is -2.13. The van der Waals surface area contributed by atoms with E-state index in [0.717, 1.165) is 11.3 Å². The molecule has 0 aliphatic carbocycles. The number of ether oxygens (including phenoxy) is 1. The Kier molecular flexibility index (Phi) is 5.72. The van der Waals surface area contributed by atoms with Crippen LogP contribution in [-0.4, -0.2) is 14.5 Å². The number of aromatic nitrogens is 3. The van der Waals surface area contributed by atoms with E-state index in [2.05, 4.69) is 11.6 Å². The van der Waals surface area contributed by atoms with Gasteiger partial charge in [0.1, 0.15) is 11.5 Å². The first kappa shape index (κ1) is 19.0. The Balaban J connectivity index is 1.64. The molecule has 0 saturated heterocycles. The summed E-state index contributed by atoms with van der Waals surface area (Å²) in [6.07, 6.45) is 5.09. The Morgan fingerprint density at radius 2 is 1.90 bits per heavy atom. The van der Waals surface area contributed by atoms with E-state index >= 15 is 0 Å². The van der Waals surface area contributed by atoms with Crippen LogP contribution in [0.4, 0.5) is 0 Å². The maximum Gasteiger partial charge on any atom is 0.262 e. The number of allylic oxidation sites excluding steroid dienone is 1. The van der Waals surface area contributed by atoms with Crippen molar-refractivity contribution in [3.8, 4) is 11.5 Å². The Morgan fingerprint density at radius 3 is 2.72 bits per heavy atom. The fraction of sp³-hybridized carbons (Fsp3) is 0.0870. The Bertz CT molecular complexity index is 1210.